The van der Waals surface area contributed by atoms with Crippen LogP contribution in [-0.4, -0.2) is 17.6 Å². The Hall–Kier alpha value is -3.44. The number of fused-ring (bicyclic) bond motifs is 2. The van der Waals surface area contributed by atoms with Crippen molar-refractivity contribution < 1.29 is 9.53 Å². The predicted octanol–water partition coefficient (Wildman–Crippen LogP) is 3.94. The molecule has 1 aromatic heterocycles. The molecule has 0 unspecified atom stereocenters. The summed E-state index contributed by atoms with van der Waals surface area (Å²) < 4.78 is 7.09. The average Bonchev–Trinajstić information content (AvgIpc) is 2.73. The molecule has 0 aliphatic heterocycles. The number of para-hydroxylation sites is 3. The van der Waals surface area contributed by atoms with Gasteiger partial charge in [-0.15, -0.1) is 0 Å². The summed E-state index contributed by atoms with van der Waals surface area (Å²) in [4.78, 5) is 25.7. The minimum Gasteiger partial charge on any atom is -0.380 e. The van der Waals surface area contributed by atoms with Gasteiger partial charge in [-0.25, -0.2) is 0 Å². The normalized spacial score (nSPS) is 11.0. The number of benzene rings is 3. The van der Waals surface area contributed by atoms with Crippen LogP contribution < -0.4 is 10.7 Å². The van der Waals surface area contributed by atoms with Gasteiger partial charge in [0, 0.05) is 29.1 Å². The van der Waals surface area contributed by atoms with Gasteiger partial charge in [0.25, 0.3) is 0 Å². The van der Waals surface area contributed by atoms with Crippen molar-refractivity contribution in [3.05, 3.63) is 88.6 Å². The molecule has 0 radical (unpaired) electrons. The van der Waals surface area contributed by atoms with Gasteiger partial charge >= 0.3 is 0 Å². The number of aromatic nitrogens is 1. The van der Waals surface area contributed by atoms with E-state index in [9.17, 15) is 9.59 Å². The maximum absolute atomic E-state index is 12.9. The highest BCUT2D eigenvalue weighted by Gasteiger charge is 2.13. The molecule has 5 nitrogen and oxygen atoms in total. The first-order valence-corrected chi connectivity index (χ1v) is 9.06. The molecule has 28 heavy (non-hydrogen) atoms. The molecule has 4 rings (SSSR count). The van der Waals surface area contributed by atoms with E-state index in [1.807, 2.05) is 65.2 Å². The van der Waals surface area contributed by atoms with Gasteiger partial charge in [0.05, 0.1) is 17.6 Å². The van der Waals surface area contributed by atoms with Crippen molar-refractivity contribution in [1.82, 2.24) is 4.57 Å². The van der Waals surface area contributed by atoms with Crippen LogP contribution in [0, 0.1) is 0 Å². The Morgan fingerprint density at radius 1 is 0.893 bits per heavy atom. The summed E-state index contributed by atoms with van der Waals surface area (Å²) in [6.07, 6.45) is 0. The number of hydrogen-bond donors (Lipinski definition) is 1. The number of pyridine rings is 1. The molecule has 1 heterocycles. The predicted molar refractivity (Wildman–Crippen MR) is 111 cm³/mol. The summed E-state index contributed by atoms with van der Waals surface area (Å²) in [6.45, 7) is 0.517. The zero-order valence-electron chi connectivity index (χ0n) is 15.5. The van der Waals surface area contributed by atoms with Gasteiger partial charge in [0.2, 0.25) is 5.91 Å². The molecule has 0 atom stereocenters. The van der Waals surface area contributed by atoms with Crippen molar-refractivity contribution in [1.29, 1.82) is 0 Å². The van der Waals surface area contributed by atoms with E-state index < -0.39 is 0 Å². The van der Waals surface area contributed by atoms with Crippen molar-refractivity contribution >= 4 is 33.4 Å². The summed E-state index contributed by atoms with van der Waals surface area (Å²) in [6, 6.07) is 22.3. The van der Waals surface area contributed by atoms with Gasteiger partial charge in [-0.2, -0.15) is 0 Å². The van der Waals surface area contributed by atoms with Gasteiger partial charge in [-0.1, -0.05) is 42.5 Å². The van der Waals surface area contributed by atoms with Crippen molar-refractivity contribution in [2.24, 2.45) is 0 Å². The minimum absolute atomic E-state index is 0.0201. The number of amides is 1. The summed E-state index contributed by atoms with van der Waals surface area (Å²) in [5.74, 6) is -0.164. The van der Waals surface area contributed by atoms with E-state index in [0.29, 0.717) is 17.4 Å². The second kappa shape index (κ2) is 7.66. The topological polar surface area (TPSA) is 60.3 Å². The molecular formula is C23H20N2O3. The summed E-state index contributed by atoms with van der Waals surface area (Å²) >= 11 is 0. The molecular weight excluding hydrogens is 352 g/mol. The van der Waals surface area contributed by atoms with Crippen LogP contribution in [0.1, 0.15) is 5.56 Å². The van der Waals surface area contributed by atoms with E-state index >= 15 is 0 Å². The van der Waals surface area contributed by atoms with Gasteiger partial charge in [-0.3, -0.25) is 9.59 Å². The molecule has 0 spiro atoms. The standard InChI is InChI=1S/C23H20N2O3/c1-28-15-16-8-2-5-11-19(16)24-22(26)14-25-20-12-6-3-9-17(20)23(27)18-10-4-7-13-21(18)25/h2-13H,14-15H2,1H3,(H,24,26). The summed E-state index contributed by atoms with van der Waals surface area (Å²) in [5.41, 5.74) is 3.10. The zero-order valence-corrected chi connectivity index (χ0v) is 15.5. The first-order valence-electron chi connectivity index (χ1n) is 9.06. The number of rotatable bonds is 5. The molecule has 140 valence electrons. The van der Waals surface area contributed by atoms with E-state index in [1.165, 1.54) is 0 Å². The van der Waals surface area contributed by atoms with Crippen LogP contribution in [0.2, 0.25) is 0 Å². The maximum atomic E-state index is 12.9. The van der Waals surface area contributed by atoms with Crippen LogP contribution in [0.25, 0.3) is 21.8 Å². The van der Waals surface area contributed by atoms with Crippen LogP contribution in [0.15, 0.2) is 77.6 Å². The number of carbonyl (C=O) groups is 1. The van der Waals surface area contributed by atoms with Crippen LogP contribution in [0.4, 0.5) is 5.69 Å². The lowest BCUT2D eigenvalue weighted by Crippen LogP contribution is -2.22. The number of anilines is 1. The van der Waals surface area contributed by atoms with Crippen molar-refractivity contribution in [2.75, 3.05) is 12.4 Å². The van der Waals surface area contributed by atoms with Crippen LogP contribution >= 0.6 is 0 Å². The van der Waals surface area contributed by atoms with E-state index in [2.05, 4.69) is 5.32 Å². The van der Waals surface area contributed by atoms with Crippen molar-refractivity contribution in [2.45, 2.75) is 13.2 Å². The van der Waals surface area contributed by atoms with E-state index in [0.717, 1.165) is 22.3 Å². The first-order chi connectivity index (χ1) is 13.7. The van der Waals surface area contributed by atoms with Crippen LogP contribution in [0.5, 0.6) is 0 Å². The third kappa shape index (κ3) is 3.28. The molecule has 0 fully saturated rings. The molecule has 0 saturated heterocycles. The van der Waals surface area contributed by atoms with Gasteiger partial charge in [0.1, 0.15) is 6.54 Å². The van der Waals surface area contributed by atoms with E-state index in [1.54, 1.807) is 19.2 Å². The number of carbonyl (C=O) groups excluding carboxylic acids is 1. The second-order valence-electron chi connectivity index (χ2n) is 6.59. The number of methoxy groups -OCH3 is 1. The fourth-order valence-electron chi connectivity index (χ4n) is 3.50. The SMILES string of the molecule is COCc1ccccc1NC(=O)Cn1c2ccccc2c(=O)c2ccccc21. The van der Waals surface area contributed by atoms with Gasteiger partial charge < -0.3 is 14.6 Å². The number of ether oxygens (including phenoxy) is 1. The van der Waals surface area contributed by atoms with Crippen molar-refractivity contribution in [3.8, 4) is 0 Å². The fraction of sp³-hybridized carbons (Fsp3) is 0.130. The molecule has 4 aromatic rings. The maximum Gasteiger partial charge on any atom is 0.244 e. The molecule has 5 heteroatoms. The number of nitrogens with zero attached hydrogens (tertiary/aromatic N) is 1. The highest BCUT2D eigenvalue weighted by Crippen LogP contribution is 2.20. The number of hydrogen-bond acceptors (Lipinski definition) is 3. The molecule has 1 amide bonds. The van der Waals surface area contributed by atoms with E-state index in [4.69, 9.17) is 4.74 Å². The Morgan fingerprint density at radius 2 is 1.46 bits per heavy atom. The second-order valence-corrected chi connectivity index (χ2v) is 6.59. The Bertz CT molecular complexity index is 1170. The Kier molecular flexibility index (Phi) is 4.91. The largest absolute Gasteiger partial charge is 0.380 e. The fourth-order valence-corrected chi connectivity index (χ4v) is 3.50. The van der Waals surface area contributed by atoms with Crippen LogP contribution in [-0.2, 0) is 22.7 Å². The molecule has 0 saturated carbocycles. The molecule has 1 N–H and O–H groups in total. The third-order valence-electron chi connectivity index (χ3n) is 4.77. The lowest BCUT2D eigenvalue weighted by molar-refractivity contribution is -0.116. The monoisotopic (exact) mass is 372 g/mol. The molecule has 0 aliphatic rings. The Balaban J connectivity index is 1.76. The molecule has 0 bridgehead atoms. The first kappa shape index (κ1) is 17.9. The Morgan fingerprint density at radius 3 is 2.11 bits per heavy atom. The van der Waals surface area contributed by atoms with Gasteiger partial charge in [0.15, 0.2) is 5.43 Å². The number of nitrogens with one attached hydrogen (secondary N) is 1. The van der Waals surface area contributed by atoms with Gasteiger partial charge in [-0.05, 0) is 30.3 Å². The lowest BCUT2D eigenvalue weighted by Gasteiger charge is -2.16. The zero-order chi connectivity index (χ0) is 19.5. The summed E-state index contributed by atoms with van der Waals surface area (Å²) in [5, 5.41) is 4.18. The highest BCUT2D eigenvalue weighted by molar-refractivity contribution is 5.97. The minimum atomic E-state index is -0.164. The Labute approximate surface area is 162 Å². The van der Waals surface area contributed by atoms with Crippen molar-refractivity contribution in [3.63, 3.8) is 0 Å². The molecule has 0 aliphatic carbocycles. The van der Waals surface area contributed by atoms with Crippen LogP contribution in [0.3, 0.4) is 0 Å². The molecule has 3 aromatic carbocycles. The summed E-state index contributed by atoms with van der Waals surface area (Å²) in [7, 11) is 1.62. The smallest absolute Gasteiger partial charge is 0.244 e. The third-order valence-corrected chi connectivity index (χ3v) is 4.77. The lowest BCUT2D eigenvalue weighted by atomic mass is 10.1. The average molecular weight is 372 g/mol. The highest BCUT2D eigenvalue weighted by atomic mass is 16.5. The quantitative estimate of drug-likeness (QED) is 0.540. The van der Waals surface area contributed by atoms with E-state index in [-0.39, 0.29) is 17.9 Å².